The van der Waals surface area contributed by atoms with E-state index in [0.717, 1.165) is 43.8 Å². The molecule has 1 aliphatic rings. The third-order valence-corrected chi connectivity index (χ3v) is 4.31. The molecule has 3 rings (SSSR count). The van der Waals surface area contributed by atoms with E-state index in [1.54, 1.807) is 0 Å². The van der Waals surface area contributed by atoms with Crippen LogP contribution in [0.3, 0.4) is 0 Å². The van der Waals surface area contributed by atoms with Crippen LogP contribution >= 0.6 is 0 Å². The molecule has 1 aromatic carbocycles. The summed E-state index contributed by atoms with van der Waals surface area (Å²) in [4.78, 5) is 7.07. The first-order valence-electron chi connectivity index (χ1n) is 8.21. The minimum Gasteiger partial charge on any atom is -0.439 e. The molecule has 1 aliphatic heterocycles. The summed E-state index contributed by atoms with van der Waals surface area (Å²) < 4.78 is 5.80. The highest BCUT2D eigenvalue weighted by molar-refractivity contribution is 5.73. The van der Waals surface area contributed by atoms with Crippen molar-refractivity contribution in [2.45, 2.75) is 32.9 Å². The highest BCUT2D eigenvalue weighted by Crippen LogP contribution is 2.24. The zero-order chi connectivity index (χ0) is 15.5. The molecule has 2 heterocycles. The van der Waals surface area contributed by atoms with E-state index in [-0.39, 0.29) is 6.04 Å². The number of fused-ring (bicyclic) bond motifs is 1. The minimum atomic E-state index is -0.146. The number of rotatable bonds is 4. The standard InChI is InChI=1S/C17H26N4O/c1-12(2)16(18)17-20-14-10-13(4-5-15(14)22-17)11-21-8-3-6-19-7-9-21/h4-5,10,12,16,19H,3,6-9,11,18H2,1-2H3. The summed E-state index contributed by atoms with van der Waals surface area (Å²) in [5, 5.41) is 3.44. The van der Waals surface area contributed by atoms with E-state index < -0.39 is 0 Å². The summed E-state index contributed by atoms with van der Waals surface area (Å²) in [6.07, 6.45) is 1.21. The average molecular weight is 302 g/mol. The zero-order valence-electron chi connectivity index (χ0n) is 13.5. The van der Waals surface area contributed by atoms with E-state index in [1.165, 1.54) is 12.0 Å². The quantitative estimate of drug-likeness (QED) is 0.907. The first kappa shape index (κ1) is 15.5. The number of nitrogens with zero attached hydrogens (tertiary/aromatic N) is 2. The van der Waals surface area contributed by atoms with Crippen molar-refractivity contribution in [1.82, 2.24) is 15.2 Å². The van der Waals surface area contributed by atoms with Gasteiger partial charge in [-0.3, -0.25) is 4.90 Å². The van der Waals surface area contributed by atoms with Gasteiger partial charge in [0.1, 0.15) is 5.52 Å². The van der Waals surface area contributed by atoms with Gasteiger partial charge in [0.05, 0.1) is 6.04 Å². The zero-order valence-corrected chi connectivity index (χ0v) is 13.5. The van der Waals surface area contributed by atoms with Crippen LogP contribution in [0.1, 0.15) is 37.8 Å². The third-order valence-electron chi connectivity index (χ3n) is 4.31. The second-order valence-corrected chi connectivity index (χ2v) is 6.50. The fourth-order valence-corrected chi connectivity index (χ4v) is 2.83. The van der Waals surface area contributed by atoms with Crippen molar-refractivity contribution >= 4 is 11.1 Å². The van der Waals surface area contributed by atoms with Crippen molar-refractivity contribution in [2.75, 3.05) is 26.2 Å². The van der Waals surface area contributed by atoms with Gasteiger partial charge in [-0.1, -0.05) is 19.9 Å². The van der Waals surface area contributed by atoms with Crippen LogP contribution in [0.2, 0.25) is 0 Å². The Hall–Kier alpha value is -1.43. The number of nitrogens with two attached hydrogens (primary N) is 1. The van der Waals surface area contributed by atoms with Gasteiger partial charge in [0.2, 0.25) is 5.89 Å². The lowest BCUT2D eigenvalue weighted by Gasteiger charge is -2.19. The normalized spacial score (nSPS) is 18.7. The van der Waals surface area contributed by atoms with Crippen molar-refractivity contribution in [3.8, 4) is 0 Å². The number of benzene rings is 1. The van der Waals surface area contributed by atoms with Crippen molar-refractivity contribution in [3.05, 3.63) is 29.7 Å². The van der Waals surface area contributed by atoms with E-state index >= 15 is 0 Å². The lowest BCUT2D eigenvalue weighted by Crippen LogP contribution is -2.27. The van der Waals surface area contributed by atoms with Gasteiger partial charge in [-0.2, -0.15) is 0 Å². The molecule has 0 radical (unpaired) electrons. The Labute approximate surface area is 131 Å². The Morgan fingerprint density at radius 2 is 2.18 bits per heavy atom. The van der Waals surface area contributed by atoms with Crippen LogP contribution in [-0.2, 0) is 6.54 Å². The van der Waals surface area contributed by atoms with E-state index in [9.17, 15) is 0 Å². The maximum Gasteiger partial charge on any atom is 0.212 e. The lowest BCUT2D eigenvalue weighted by atomic mass is 10.1. The monoisotopic (exact) mass is 302 g/mol. The van der Waals surface area contributed by atoms with Gasteiger partial charge in [-0.15, -0.1) is 0 Å². The molecule has 1 unspecified atom stereocenters. The third kappa shape index (κ3) is 3.48. The van der Waals surface area contributed by atoms with Crippen molar-refractivity contribution in [2.24, 2.45) is 11.7 Å². The Morgan fingerprint density at radius 3 is 3.00 bits per heavy atom. The SMILES string of the molecule is CC(C)C(N)c1nc2cc(CN3CCCNCC3)ccc2o1. The van der Waals surface area contributed by atoms with E-state index in [1.807, 2.05) is 6.07 Å². The summed E-state index contributed by atoms with van der Waals surface area (Å²) in [5.41, 5.74) is 9.16. The van der Waals surface area contributed by atoms with Crippen LogP contribution in [0.25, 0.3) is 11.1 Å². The predicted molar refractivity (Wildman–Crippen MR) is 88.5 cm³/mol. The Morgan fingerprint density at radius 1 is 1.32 bits per heavy atom. The summed E-state index contributed by atoms with van der Waals surface area (Å²) in [5.74, 6) is 0.957. The molecular weight excluding hydrogens is 276 g/mol. The molecule has 5 nitrogen and oxygen atoms in total. The molecule has 2 aromatic rings. The Bertz CT molecular complexity index is 614. The molecule has 1 fully saturated rings. The number of oxazole rings is 1. The minimum absolute atomic E-state index is 0.146. The van der Waals surface area contributed by atoms with Crippen molar-refractivity contribution in [1.29, 1.82) is 0 Å². The highest BCUT2D eigenvalue weighted by Gasteiger charge is 2.17. The topological polar surface area (TPSA) is 67.3 Å². The molecule has 0 saturated carbocycles. The Balaban J connectivity index is 1.77. The molecule has 1 aromatic heterocycles. The smallest absolute Gasteiger partial charge is 0.212 e. The van der Waals surface area contributed by atoms with Gasteiger partial charge >= 0.3 is 0 Å². The molecule has 5 heteroatoms. The van der Waals surface area contributed by atoms with Crippen molar-refractivity contribution in [3.63, 3.8) is 0 Å². The van der Waals surface area contributed by atoms with E-state index in [2.05, 4.69) is 41.2 Å². The van der Waals surface area contributed by atoms with Crippen LogP contribution in [0.5, 0.6) is 0 Å². The number of nitrogens with one attached hydrogen (secondary N) is 1. The average Bonchev–Trinajstić information content (AvgIpc) is 2.75. The van der Waals surface area contributed by atoms with Gasteiger partial charge in [-0.25, -0.2) is 4.98 Å². The fraction of sp³-hybridized carbons (Fsp3) is 0.588. The van der Waals surface area contributed by atoms with Gasteiger partial charge in [0.15, 0.2) is 5.58 Å². The molecule has 22 heavy (non-hydrogen) atoms. The number of hydrogen-bond acceptors (Lipinski definition) is 5. The van der Waals surface area contributed by atoms with E-state index in [0.29, 0.717) is 11.8 Å². The predicted octanol–water partition coefficient (Wildman–Crippen LogP) is 2.28. The maximum atomic E-state index is 6.14. The maximum absolute atomic E-state index is 6.14. The van der Waals surface area contributed by atoms with Gasteiger partial charge < -0.3 is 15.5 Å². The molecule has 1 atom stereocenters. The van der Waals surface area contributed by atoms with Crippen LogP contribution in [0, 0.1) is 5.92 Å². The first-order valence-corrected chi connectivity index (χ1v) is 8.21. The first-order chi connectivity index (χ1) is 10.6. The van der Waals surface area contributed by atoms with E-state index in [4.69, 9.17) is 10.2 Å². The summed E-state index contributed by atoms with van der Waals surface area (Å²) in [7, 11) is 0. The van der Waals surface area contributed by atoms with Gasteiger partial charge in [0.25, 0.3) is 0 Å². The molecule has 0 amide bonds. The molecule has 0 spiro atoms. The summed E-state index contributed by atoms with van der Waals surface area (Å²) in [6.45, 7) is 9.56. The highest BCUT2D eigenvalue weighted by atomic mass is 16.3. The summed E-state index contributed by atoms with van der Waals surface area (Å²) in [6, 6.07) is 6.14. The van der Waals surface area contributed by atoms with Crippen molar-refractivity contribution < 1.29 is 4.42 Å². The lowest BCUT2D eigenvalue weighted by molar-refractivity contribution is 0.284. The molecule has 0 aliphatic carbocycles. The van der Waals surface area contributed by atoms with Crippen LogP contribution in [-0.4, -0.2) is 36.1 Å². The number of hydrogen-bond donors (Lipinski definition) is 2. The van der Waals surface area contributed by atoms with Crippen LogP contribution in [0.4, 0.5) is 0 Å². The Kier molecular flexibility index (Phi) is 4.76. The van der Waals surface area contributed by atoms with Crippen LogP contribution < -0.4 is 11.1 Å². The molecule has 120 valence electrons. The second-order valence-electron chi connectivity index (χ2n) is 6.50. The molecule has 1 saturated heterocycles. The largest absolute Gasteiger partial charge is 0.439 e. The summed E-state index contributed by atoms with van der Waals surface area (Å²) >= 11 is 0. The fourth-order valence-electron chi connectivity index (χ4n) is 2.83. The number of aromatic nitrogens is 1. The molecular formula is C17H26N4O. The molecule has 0 bridgehead atoms. The molecule has 3 N–H and O–H groups in total. The van der Waals surface area contributed by atoms with Gasteiger partial charge in [-0.05, 0) is 43.1 Å². The van der Waals surface area contributed by atoms with Gasteiger partial charge in [0, 0.05) is 19.6 Å². The van der Waals surface area contributed by atoms with Crippen LogP contribution in [0.15, 0.2) is 22.6 Å². The second kappa shape index (κ2) is 6.77.